The van der Waals surface area contributed by atoms with E-state index in [1.54, 1.807) is 47.4 Å². The number of carbonyl (C=O) groups is 1. The Labute approximate surface area is 173 Å². The number of rotatable bonds is 4. The first-order chi connectivity index (χ1) is 13.3. The molecule has 2 aromatic carbocycles. The minimum Gasteiger partial charge on any atom is -0.494 e. The third-order valence-electron chi connectivity index (χ3n) is 4.98. The van der Waals surface area contributed by atoms with E-state index in [-0.39, 0.29) is 17.5 Å². The van der Waals surface area contributed by atoms with Crippen LogP contribution in [0.5, 0.6) is 5.75 Å². The molecule has 2 fully saturated rings. The highest BCUT2D eigenvalue weighted by molar-refractivity contribution is 7.91. The molecular weight excluding hydrogens is 423 g/mol. The number of fused-ring (bicyclic) bond motifs is 1. The van der Waals surface area contributed by atoms with E-state index in [0.29, 0.717) is 33.8 Å². The standard InChI is InChI=1S/C19H18Cl2N2O4S/c1-2-27-14-6-3-12(4-7-14)22-17-10-28(25,26)11-18(17)23(19(22)24)13-5-8-15(20)16(21)9-13/h3-9,17-18H,2,10-11H2,1H3/t17-,18+/m0/s1. The number of halogens is 2. The molecule has 2 aliphatic heterocycles. The number of carbonyl (C=O) groups excluding carboxylic acids is 1. The van der Waals surface area contributed by atoms with Crippen LogP contribution in [0, 0.1) is 0 Å². The molecule has 2 amide bonds. The van der Waals surface area contributed by atoms with Gasteiger partial charge in [0.1, 0.15) is 5.75 Å². The van der Waals surface area contributed by atoms with Crippen molar-refractivity contribution in [2.75, 3.05) is 27.9 Å². The molecule has 9 heteroatoms. The van der Waals surface area contributed by atoms with Crippen molar-refractivity contribution in [3.05, 3.63) is 52.5 Å². The topological polar surface area (TPSA) is 66.9 Å². The SMILES string of the molecule is CCOc1ccc(N2C(=O)N(c3ccc(Cl)c(Cl)c3)[C@@H]3CS(=O)(=O)C[C@@H]32)cc1. The van der Waals surface area contributed by atoms with Crippen LogP contribution in [0.3, 0.4) is 0 Å². The van der Waals surface area contributed by atoms with Gasteiger partial charge in [-0.15, -0.1) is 0 Å². The molecule has 2 aromatic rings. The Morgan fingerprint density at radius 1 is 0.964 bits per heavy atom. The van der Waals surface area contributed by atoms with Gasteiger partial charge in [0.05, 0.1) is 40.2 Å². The molecule has 6 nitrogen and oxygen atoms in total. The van der Waals surface area contributed by atoms with Crippen LogP contribution in [-0.2, 0) is 9.84 Å². The molecule has 0 saturated carbocycles. The lowest BCUT2D eigenvalue weighted by Gasteiger charge is -2.23. The zero-order valence-electron chi connectivity index (χ0n) is 15.0. The Kier molecular flexibility index (Phi) is 4.93. The molecule has 0 spiro atoms. The molecule has 4 rings (SSSR count). The zero-order chi connectivity index (χ0) is 20.1. The van der Waals surface area contributed by atoms with Crippen molar-refractivity contribution in [2.24, 2.45) is 0 Å². The van der Waals surface area contributed by atoms with E-state index < -0.39 is 21.9 Å². The van der Waals surface area contributed by atoms with Crippen LogP contribution in [-0.4, -0.2) is 44.6 Å². The highest BCUT2D eigenvalue weighted by Crippen LogP contribution is 2.39. The van der Waals surface area contributed by atoms with Crippen molar-refractivity contribution in [2.45, 2.75) is 19.0 Å². The van der Waals surface area contributed by atoms with E-state index in [4.69, 9.17) is 27.9 Å². The van der Waals surface area contributed by atoms with Crippen molar-refractivity contribution >= 4 is 50.4 Å². The number of hydrogen-bond acceptors (Lipinski definition) is 4. The number of benzene rings is 2. The number of anilines is 2. The van der Waals surface area contributed by atoms with Crippen LogP contribution in [0.4, 0.5) is 16.2 Å². The van der Waals surface area contributed by atoms with Crippen molar-refractivity contribution in [1.82, 2.24) is 0 Å². The fraction of sp³-hybridized carbons (Fsp3) is 0.316. The van der Waals surface area contributed by atoms with Gasteiger partial charge in [0, 0.05) is 11.4 Å². The molecule has 2 atom stereocenters. The summed E-state index contributed by atoms with van der Waals surface area (Å²) in [5, 5.41) is 0.680. The molecule has 28 heavy (non-hydrogen) atoms. The quantitative estimate of drug-likeness (QED) is 0.673. The molecule has 0 aliphatic carbocycles. The number of hydrogen-bond donors (Lipinski definition) is 0. The number of sulfone groups is 1. The summed E-state index contributed by atoms with van der Waals surface area (Å²) in [5.41, 5.74) is 1.16. The predicted octanol–water partition coefficient (Wildman–Crippen LogP) is 4.00. The van der Waals surface area contributed by atoms with Crippen molar-refractivity contribution < 1.29 is 17.9 Å². The normalized spacial score (nSPS) is 23.2. The van der Waals surface area contributed by atoms with Crippen LogP contribution in [0.1, 0.15) is 6.92 Å². The lowest BCUT2D eigenvalue weighted by molar-refractivity contribution is 0.255. The summed E-state index contributed by atoms with van der Waals surface area (Å²) in [6.45, 7) is 2.43. The summed E-state index contributed by atoms with van der Waals surface area (Å²) < 4.78 is 30.1. The Hall–Kier alpha value is -1.96. The number of nitrogens with zero attached hydrogens (tertiary/aromatic N) is 2. The predicted molar refractivity (Wildman–Crippen MR) is 111 cm³/mol. The largest absolute Gasteiger partial charge is 0.494 e. The Balaban J connectivity index is 1.75. The first kappa shape index (κ1) is 19.4. The third-order valence-corrected chi connectivity index (χ3v) is 7.41. The van der Waals surface area contributed by atoms with E-state index in [1.807, 2.05) is 6.92 Å². The van der Waals surface area contributed by atoms with Crippen molar-refractivity contribution in [3.8, 4) is 5.75 Å². The molecule has 0 radical (unpaired) electrons. The van der Waals surface area contributed by atoms with Gasteiger partial charge in [-0.3, -0.25) is 9.80 Å². The smallest absolute Gasteiger partial charge is 0.329 e. The van der Waals surface area contributed by atoms with Gasteiger partial charge in [0.15, 0.2) is 9.84 Å². The molecule has 2 saturated heterocycles. The lowest BCUT2D eigenvalue weighted by Crippen LogP contribution is -2.37. The van der Waals surface area contributed by atoms with Crippen LogP contribution in [0.15, 0.2) is 42.5 Å². The van der Waals surface area contributed by atoms with Gasteiger partial charge in [-0.1, -0.05) is 23.2 Å². The Bertz CT molecular complexity index is 1030. The highest BCUT2D eigenvalue weighted by atomic mass is 35.5. The molecule has 148 valence electrons. The van der Waals surface area contributed by atoms with Crippen LogP contribution < -0.4 is 14.5 Å². The average Bonchev–Trinajstić information content (AvgIpc) is 3.07. The van der Waals surface area contributed by atoms with Crippen molar-refractivity contribution in [1.29, 1.82) is 0 Å². The number of ether oxygens (including phenoxy) is 1. The first-order valence-corrected chi connectivity index (χ1v) is 11.4. The van der Waals surface area contributed by atoms with Crippen molar-refractivity contribution in [3.63, 3.8) is 0 Å². The van der Waals surface area contributed by atoms with E-state index in [9.17, 15) is 13.2 Å². The second-order valence-electron chi connectivity index (χ2n) is 6.76. The van der Waals surface area contributed by atoms with E-state index in [1.165, 1.54) is 4.90 Å². The fourth-order valence-corrected chi connectivity index (χ4v) is 6.02. The molecule has 0 N–H and O–H groups in total. The maximum absolute atomic E-state index is 13.3. The minimum absolute atomic E-state index is 0.0750. The maximum atomic E-state index is 13.3. The average molecular weight is 441 g/mol. The van der Waals surface area contributed by atoms with Gasteiger partial charge < -0.3 is 4.74 Å². The fourth-order valence-electron chi connectivity index (χ4n) is 3.81. The highest BCUT2D eigenvalue weighted by Gasteiger charge is 2.54. The summed E-state index contributed by atoms with van der Waals surface area (Å²) in [5.74, 6) is 0.529. The third kappa shape index (κ3) is 3.32. The number of amides is 2. The molecule has 0 bridgehead atoms. The second kappa shape index (κ2) is 7.13. The minimum atomic E-state index is -3.27. The monoisotopic (exact) mass is 440 g/mol. The summed E-state index contributed by atoms with van der Waals surface area (Å²) in [6.07, 6.45) is 0. The Morgan fingerprint density at radius 3 is 2.11 bits per heavy atom. The van der Waals surface area contributed by atoms with Gasteiger partial charge in [-0.05, 0) is 49.4 Å². The summed E-state index contributed by atoms with van der Waals surface area (Å²) in [7, 11) is -3.27. The number of urea groups is 1. The van der Waals surface area contributed by atoms with Gasteiger partial charge in [-0.2, -0.15) is 0 Å². The van der Waals surface area contributed by atoms with Gasteiger partial charge in [0.2, 0.25) is 0 Å². The van der Waals surface area contributed by atoms with Crippen LogP contribution >= 0.6 is 23.2 Å². The second-order valence-corrected chi connectivity index (χ2v) is 9.73. The molecule has 2 aliphatic rings. The summed E-state index contributed by atoms with van der Waals surface area (Å²) in [6, 6.07) is 10.7. The maximum Gasteiger partial charge on any atom is 0.329 e. The molecule has 0 unspecified atom stereocenters. The van der Waals surface area contributed by atoms with Gasteiger partial charge in [-0.25, -0.2) is 13.2 Å². The van der Waals surface area contributed by atoms with E-state index in [0.717, 1.165) is 0 Å². The lowest BCUT2D eigenvalue weighted by atomic mass is 10.1. The van der Waals surface area contributed by atoms with Crippen LogP contribution in [0.2, 0.25) is 10.0 Å². The molecule has 0 aromatic heterocycles. The van der Waals surface area contributed by atoms with Gasteiger partial charge in [0.25, 0.3) is 0 Å². The van der Waals surface area contributed by atoms with Gasteiger partial charge >= 0.3 is 6.03 Å². The van der Waals surface area contributed by atoms with E-state index >= 15 is 0 Å². The molecular formula is C19H18Cl2N2O4S. The Morgan fingerprint density at radius 2 is 1.54 bits per heavy atom. The van der Waals surface area contributed by atoms with E-state index in [2.05, 4.69) is 0 Å². The molecule has 2 heterocycles. The zero-order valence-corrected chi connectivity index (χ0v) is 17.3. The summed E-state index contributed by atoms with van der Waals surface area (Å²) >= 11 is 12.1. The first-order valence-electron chi connectivity index (χ1n) is 8.81. The van der Waals surface area contributed by atoms with Crippen LogP contribution in [0.25, 0.3) is 0 Å². The summed E-state index contributed by atoms with van der Waals surface area (Å²) in [4.78, 5) is 16.3.